The lowest BCUT2D eigenvalue weighted by Crippen LogP contribution is -2.14. The van der Waals surface area contributed by atoms with Gasteiger partial charge in [-0.3, -0.25) is 4.79 Å². The summed E-state index contributed by atoms with van der Waals surface area (Å²) in [6.45, 7) is 1.89. The molecule has 0 unspecified atom stereocenters. The van der Waals surface area contributed by atoms with E-state index in [1.807, 2.05) is 0 Å². The van der Waals surface area contributed by atoms with E-state index in [1.54, 1.807) is 37.4 Å². The number of amides is 1. The van der Waals surface area contributed by atoms with E-state index in [9.17, 15) is 14.9 Å². The quantitative estimate of drug-likeness (QED) is 0.592. The zero-order chi connectivity index (χ0) is 20.1. The minimum Gasteiger partial charge on any atom is -0.462 e. The number of nitrogens with one attached hydrogen (secondary N) is 2. The maximum absolute atomic E-state index is 12.5. The van der Waals surface area contributed by atoms with Gasteiger partial charge < -0.3 is 15.0 Å². The molecule has 2 heterocycles. The molecule has 28 heavy (non-hydrogen) atoms. The number of hydrogen-bond donors (Lipinski definition) is 2. The number of esters is 1. The molecule has 1 amide bonds. The van der Waals surface area contributed by atoms with E-state index in [2.05, 4.69) is 21.4 Å². The second-order valence-electron chi connectivity index (χ2n) is 5.65. The average Bonchev–Trinajstić information content (AvgIpc) is 3.30. The fourth-order valence-corrected chi connectivity index (χ4v) is 3.79. The largest absolute Gasteiger partial charge is 0.462 e. The number of ether oxygens (including phenoxy) is 1. The van der Waals surface area contributed by atoms with Crippen LogP contribution < -0.4 is 5.32 Å². The van der Waals surface area contributed by atoms with E-state index >= 15 is 0 Å². The highest BCUT2D eigenvalue weighted by atomic mass is 35.5. The van der Waals surface area contributed by atoms with Crippen molar-refractivity contribution >= 4 is 39.8 Å². The average molecular weight is 415 g/mol. The van der Waals surface area contributed by atoms with Gasteiger partial charge in [-0.05, 0) is 24.6 Å². The third kappa shape index (κ3) is 4.22. The Morgan fingerprint density at radius 3 is 2.71 bits per heavy atom. The van der Waals surface area contributed by atoms with Gasteiger partial charge in [-0.2, -0.15) is 5.26 Å². The van der Waals surface area contributed by atoms with Gasteiger partial charge in [0.1, 0.15) is 15.9 Å². The highest BCUT2D eigenvalue weighted by Crippen LogP contribution is 2.40. The van der Waals surface area contributed by atoms with Crippen molar-refractivity contribution in [1.29, 1.82) is 5.26 Å². The standard InChI is InChI=1S/C19H15ClN4O3S/c1-2-27-19(26)17-16(11-3-5-12(20)6-4-11)14(8-21)18(28-17)24-15(25)7-13-9-22-10-23-13/h3-6,9-10H,2,7H2,1H3,(H,22,23)(H,24,25). The van der Waals surface area contributed by atoms with Crippen molar-refractivity contribution in [1.82, 2.24) is 9.97 Å². The molecule has 1 aromatic carbocycles. The van der Waals surface area contributed by atoms with Crippen molar-refractivity contribution in [2.75, 3.05) is 11.9 Å². The Bertz CT molecular complexity index is 1040. The number of imidazole rings is 1. The van der Waals surface area contributed by atoms with Crippen LogP contribution >= 0.6 is 22.9 Å². The zero-order valence-corrected chi connectivity index (χ0v) is 16.4. The van der Waals surface area contributed by atoms with Gasteiger partial charge >= 0.3 is 5.97 Å². The minimum absolute atomic E-state index is 0.0633. The Morgan fingerprint density at radius 2 is 2.11 bits per heavy atom. The van der Waals surface area contributed by atoms with Crippen molar-refractivity contribution in [2.45, 2.75) is 13.3 Å². The maximum atomic E-state index is 12.5. The first kappa shape index (κ1) is 19.6. The van der Waals surface area contributed by atoms with E-state index in [-0.39, 0.29) is 29.4 Å². The highest BCUT2D eigenvalue weighted by molar-refractivity contribution is 7.19. The van der Waals surface area contributed by atoms with Crippen molar-refractivity contribution in [3.63, 3.8) is 0 Å². The Hall–Kier alpha value is -3.15. The second kappa shape index (κ2) is 8.69. The number of carbonyl (C=O) groups is 2. The summed E-state index contributed by atoms with van der Waals surface area (Å²) < 4.78 is 5.13. The van der Waals surface area contributed by atoms with Crippen molar-refractivity contribution in [3.05, 3.63) is 57.9 Å². The number of nitrogens with zero attached hydrogens (tertiary/aromatic N) is 2. The van der Waals surface area contributed by atoms with Crippen LogP contribution in [0, 0.1) is 11.3 Å². The monoisotopic (exact) mass is 414 g/mol. The van der Waals surface area contributed by atoms with Crippen molar-refractivity contribution in [2.24, 2.45) is 0 Å². The predicted octanol–water partition coefficient (Wildman–Crippen LogP) is 4.02. The number of H-pyrrole nitrogens is 1. The molecular weight excluding hydrogens is 400 g/mol. The van der Waals surface area contributed by atoms with Crippen LogP contribution in [0.4, 0.5) is 5.00 Å². The molecule has 0 saturated heterocycles. The lowest BCUT2D eigenvalue weighted by molar-refractivity contribution is -0.115. The van der Waals surface area contributed by atoms with Crippen LogP contribution in [0.3, 0.4) is 0 Å². The van der Waals surface area contributed by atoms with E-state index in [4.69, 9.17) is 16.3 Å². The number of carbonyl (C=O) groups excluding carboxylic acids is 2. The Kier molecular flexibility index (Phi) is 6.09. The Labute approximate surface area is 169 Å². The van der Waals surface area contributed by atoms with Crippen LogP contribution in [0.5, 0.6) is 0 Å². The molecule has 0 spiro atoms. The molecule has 0 aliphatic carbocycles. The van der Waals surface area contributed by atoms with Gasteiger partial charge in [-0.25, -0.2) is 9.78 Å². The molecule has 0 fully saturated rings. The number of anilines is 1. The smallest absolute Gasteiger partial charge is 0.349 e. The van der Waals surface area contributed by atoms with E-state index < -0.39 is 5.97 Å². The zero-order valence-electron chi connectivity index (χ0n) is 14.8. The molecular formula is C19H15ClN4O3S. The highest BCUT2D eigenvalue weighted by Gasteiger charge is 2.26. The molecule has 3 rings (SSSR count). The number of thiophene rings is 1. The van der Waals surface area contributed by atoms with Gasteiger partial charge in [-0.15, -0.1) is 11.3 Å². The third-order valence-electron chi connectivity index (χ3n) is 3.77. The van der Waals surface area contributed by atoms with Crippen LogP contribution in [0.15, 0.2) is 36.8 Å². The van der Waals surface area contributed by atoms with Crippen LogP contribution in [0.25, 0.3) is 11.1 Å². The van der Waals surface area contributed by atoms with Gasteiger partial charge in [-0.1, -0.05) is 23.7 Å². The number of hydrogen-bond acceptors (Lipinski definition) is 6. The van der Waals surface area contributed by atoms with Crippen molar-refractivity contribution < 1.29 is 14.3 Å². The molecule has 7 nitrogen and oxygen atoms in total. The number of rotatable bonds is 6. The van der Waals surface area contributed by atoms with Gasteiger partial charge in [0.05, 0.1) is 24.9 Å². The van der Waals surface area contributed by atoms with E-state index in [0.717, 1.165) is 11.3 Å². The molecule has 2 N–H and O–H groups in total. The van der Waals surface area contributed by atoms with Crippen molar-refractivity contribution in [3.8, 4) is 17.2 Å². The first-order chi connectivity index (χ1) is 13.5. The topological polar surface area (TPSA) is 108 Å². The van der Waals surface area contributed by atoms with Crippen LogP contribution in [0.2, 0.25) is 5.02 Å². The van der Waals surface area contributed by atoms with Gasteiger partial charge in [0.25, 0.3) is 0 Å². The summed E-state index contributed by atoms with van der Waals surface area (Å²) in [5, 5.41) is 13.3. The summed E-state index contributed by atoms with van der Waals surface area (Å²) in [5.41, 5.74) is 1.89. The number of nitriles is 1. The van der Waals surface area contributed by atoms with Crippen LogP contribution in [0.1, 0.15) is 27.9 Å². The molecule has 0 aliphatic rings. The fourth-order valence-electron chi connectivity index (χ4n) is 2.58. The molecule has 0 radical (unpaired) electrons. The molecule has 0 aliphatic heterocycles. The molecule has 3 aromatic rings. The Balaban J connectivity index is 2.01. The number of aromatic amines is 1. The fraction of sp³-hybridized carbons (Fsp3) is 0.158. The lowest BCUT2D eigenvalue weighted by atomic mass is 10.0. The first-order valence-corrected chi connectivity index (χ1v) is 9.50. The van der Waals surface area contributed by atoms with Gasteiger partial charge in [0.15, 0.2) is 0 Å². The number of aromatic nitrogens is 2. The van der Waals surface area contributed by atoms with E-state index in [0.29, 0.717) is 26.8 Å². The summed E-state index contributed by atoms with van der Waals surface area (Å²) in [5.74, 6) is -0.886. The van der Waals surface area contributed by atoms with Crippen LogP contribution in [-0.2, 0) is 16.0 Å². The molecule has 2 aromatic heterocycles. The summed E-state index contributed by atoms with van der Waals surface area (Å²) in [6.07, 6.45) is 3.09. The summed E-state index contributed by atoms with van der Waals surface area (Å²) in [4.78, 5) is 31.8. The second-order valence-corrected chi connectivity index (χ2v) is 7.11. The predicted molar refractivity (Wildman–Crippen MR) is 106 cm³/mol. The molecule has 0 atom stereocenters. The summed E-state index contributed by atoms with van der Waals surface area (Å²) in [6, 6.07) is 8.85. The summed E-state index contributed by atoms with van der Waals surface area (Å²) in [7, 11) is 0. The Morgan fingerprint density at radius 1 is 1.36 bits per heavy atom. The normalized spacial score (nSPS) is 10.3. The van der Waals surface area contributed by atoms with Crippen LogP contribution in [-0.4, -0.2) is 28.5 Å². The molecule has 0 saturated carbocycles. The van der Waals surface area contributed by atoms with Gasteiger partial charge in [0.2, 0.25) is 5.91 Å². The maximum Gasteiger partial charge on any atom is 0.349 e. The van der Waals surface area contributed by atoms with E-state index in [1.165, 1.54) is 6.33 Å². The first-order valence-electron chi connectivity index (χ1n) is 8.30. The number of benzene rings is 1. The lowest BCUT2D eigenvalue weighted by Gasteiger charge is -2.05. The molecule has 142 valence electrons. The molecule has 0 bridgehead atoms. The SMILES string of the molecule is CCOC(=O)c1sc(NC(=O)Cc2cnc[nH]2)c(C#N)c1-c1ccc(Cl)cc1. The summed E-state index contributed by atoms with van der Waals surface area (Å²) >= 11 is 6.96. The third-order valence-corrected chi connectivity index (χ3v) is 5.11. The number of halogens is 1. The molecule has 9 heteroatoms. The van der Waals surface area contributed by atoms with Gasteiger partial charge in [0, 0.05) is 22.5 Å². The minimum atomic E-state index is -0.553.